The molecule has 4 heteroatoms. The molecule has 0 heterocycles. The number of hydrogen-bond donors (Lipinski definition) is 1. The third-order valence-electron chi connectivity index (χ3n) is 5.31. The maximum absolute atomic E-state index is 6.37. The molecule has 0 radical (unpaired) electrons. The van der Waals surface area contributed by atoms with Gasteiger partial charge in [0.15, 0.2) is 11.5 Å². The summed E-state index contributed by atoms with van der Waals surface area (Å²) in [6.07, 6.45) is 6.42. The first kappa shape index (κ1) is 14.5. The van der Waals surface area contributed by atoms with Crippen molar-refractivity contribution in [2.45, 2.75) is 44.2 Å². The molecule has 2 unspecified atom stereocenters. The third-order valence-corrected chi connectivity index (χ3v) is 5.31. The zero-order valence-electron chi connectivity index (χ0n) is 13.1. The summed E-state index contributed by atoms with van der Waals surface area (Å²) in [7, 11) is 5.40. The van der Waals surface area contributed by atoms with Gasteiger partial charge in [0.25, 0.3) is 0 Å². The van der Waals surface area contributed by atoms with Crippen LogP contribution < -0.4 is 19.5 Å². The van der Waals surface area contributed by atoms with Crippen LogP contribution in [0.4, 0.5) is 0 Å². The quantitative estimate of drug-likeness (QED) is 0.905. The van der Waals surface area contributed by atoms with Crippen LogP contribution in [-0.2, 0) is 0 Å². The Morgan fingerprint density at radius 2 is 1.71 bits per heavy atom. The first-order valence-corrected chi connectivity index (χ1v) is 7.80. The van der Waals surface area contributed by atoms with E-state index in [9.17, 15) is 0 Å². The summed E-state index contributed by atoms with van der Waals surface area (Å²) in [5.41, 5.74) is 0.292. The number of methoxy groups -OCH3 is 2. The molecule has 1 spiro atoms. The normalized spacial score (nSPS) is 26.4. The first-order chi connectivity index (χ1) is 10.2. The molecule has 1 aromatic rings. The molecule has 0 bridgehead atoms. The molecule has 2 aliphatic rings. The van der Waals surface area contributed by atoms with Crippen molar-refractivity contribution in [2.75, 3.05) is 21.3 Å². The lowest BCUT2D eigenvalue weighted by atomic mass is 9.60. The minimum Gasteiger partial charge on any atom is -0.493 e. The summed E-state index contributed by atoms with van der Waals surface area (Å²) >= 11 is 0. The molecule has 1 N–H and O–H groups in total. The van der Waals surface area contributed by atoms with Crippen molar-refractivity contribution in [2.24, 2.45) is 5.41 Å². The number of ether oxygens (including phenoxy) is 3. The summed E-state index contributed by atoms with van der Waals surface area (Å²) in [6, 6.07) is 6.35. The van der Waals surface area contributed by atoms with Gasteiger partial charge in [-0.1, -0.05) is 18.9 Å². The van der Waals surface area contributed by atoms with Crippen molar-refractivity contribution in [3.8, 4) is 17.2 Å². The van der Waals surface area contributed by atoms with Gasteiger partial charge in [0, 0.05) is 17.9 Å². The third kappa shape index (κ3) is 2.26. The highest BCUT2D eigenvalue weighted by Crippen LogP contribution is 2.55. The van der Waals surface area contributed by atoms with E-state index in [0.717, 1.165) is 23.7 Å². The molecule has 4 nitrogen and oxygen atoms in total. The SMILES string of the molecule is CNC1CC(Oc2c(OC)cccc2OC)C12CCCC2. The average Bonchev–Trinajstić information content (AvgIpc) is 3.03. The zero-order chi connectivity index (χ0) is 14.9. The van der Waals surface area contributed by atoms with Gasteiger partial charge in [-0.05, 0) is 32.0 Å². The van der Waals surface area contributed by atoms with E-state index >= 15 is 0 Å². The summed E-state index contributed by atoms with van der Waals surface area (Å²) in [5, 5.41) is 3.46. The van der Waals surface area contributed by atoms with Crippen LogP contribution in [0, 0.1) is 5.41 Å². The summed E-state index contributed by atoms with van der Waals surface area (Å²) in [6.45, 7) is 0. The summed E-state index contributed by atoms with van der Waals surface area (Å²) in [4.78, 5) is 0. The van der Waals surface area contributed by atoms with Gasteiger partial charge < -0.3 is 19.5 Å². The molecule has 0 aliphatic heterocycles. The molecule has 2 fully saturated rings. The minimum absolute atomic E-state index is 0.252. The first-order valence-electron chi connectivity index (χ1n) is 7.80. The number of benzene rings is 1. The lowest BCUT2D eigenvalue weighted by molar-refractivity contribution is -0.0753. The van der Waals surface area contributed by atoms with E-state index in [0.29, 0.717) is 11.5 Å². The van der Waals surface area contributed by atoms with E-state index in [1.165, 1.54) is 25.7 Å². The Kier molecular flexibility index (Phi) is 3.98. The van der Waals surface area contributed by atoms with Crippen LogP contribution in [0.3, 0.4) is 0 Å². The van der Waals surface area contributed by atoms with Crippen LogP contribution in [0.2, 0.25) is 0 Å². The predicted molar refractivity (Wildman–Crippen MR) is 82.3 cm³/mol. The summed E-state index contributed by atoms with van der Waals surface area (Å²) < 4.78 is 17.3. The highest BCUT2D eigenvalue weighted by atomic mass is 16.5. The van der Waals surface area contributed by atoms with E-state index in [1.54, 1.807) is 14.2 Å². The fraction of sp³-hybridized carbons (Fsp3) is 0.647. The molecule has 1 aromatic carbocycles. The van der Waals surface area contributed by atoms with Crippen LogP contribution in [0.15, 0.2) is 18.2 Å². The van der Waals surface area contributed by atoms with Crippen molar-refractivity contribution >= 4 is 0 Å². The molecule has 2 aliphatic carbocycles. The van der Waals surface area contributed by atoms with E-state index in [-0.39, 0.29) is 6.10 Å². The Balaban J connectivity index is 1.84. The molecular weight excluding hydrogens is 266 g/mol. The van der Waals surface area contributed by atoms with Gasteiger partial charge >= 0.3 is 0 Å². The van der Waals surface area contributed by atoms with Crippen LogP contribution in [0.5, 0.6) is 17.2 Å². The van der Waals surface area contributed by atoms with Gasteiger partial charge in [0.05, 0.1) is 14.2 Å². The number of hydrogen-bond acceptors (Lipinski definition) is 4. The fourth-order valence-corrected chi connectivity index (χ4v) is 4.10. The molecule has 116 valence electrons. The van der Waals surface area contributed by atoms with Gasteiger partial charge in [0.2, 0.25) is 5.75 Å². The predicted octanol–water partition coefficient (Wildman–Crippen LogP) is 3.00. The summed E-state index contributed by atoms with van der Waals surface area (Å²) in [5.74, 6) is 2.24. The van der Waals surface area contributed by atoms with Crippen LogP contribution >= 0.6 is 0 Å². The second kappa shape index (κ2) is 5.76. The molecule has 0 aromatic heterocycles. The lowest BCUT2D eigenvalue weighted by Gasteiger charge is -2.53. The van der Waals surface area contributed by atoms with Gasteiger partial charge in [-0.2, -0.15) is 0 Å². The van der Waals surface area contributed by atoms with Crippen molar-refractivity contribution in [3.05, 3.63) is 18.2 Å². The van der Waals surface area contributed by atoms with Gasteiger partial charge in [0.1, 0.15) is 6.10 Å². The largest absolute Gasteiger partial charge is 0.493 e. The Labute approximate surface area is 126 Å². The Morgan fingerprint density at radius 1 is 1.10 bits per heavy atom. The highest BCUT2D eigenvalue weighted by molar-refractivity contribution is 5.51. The van der Waals surface area contributed by atoms with Crippen molar-refractivity contribution in [1.82, 2.24) is 5.32 Å². The highest BCUT2D eigenvalue weighted by Gasteiger charge is 2.57. The maximum atomic E-state index is 6.37. The molecular formula is C17H25NO3. The van der Waals surface area contributed by atoms with Gasteiger partial charge in [-0.15, -0.1) is 0 Å². The molecule has 3 rings (SSSR count). The second-order valence-corrected chi connectivity index (χ2v) is 6.12. The standard InChI is InChI=1S/C17H25NO3/c1-18-14-11-15(17(14)9-4-5-10-17)21-16-12(19-2)7-6-8-13(16)20-3/h6-8,14-15,18H,4-5,9-11H2,1-3H3. The van der Waals surface area contributed by atoms with Crippen LogP contribution in [0.25, 0.3) is 0 Å². The monoisotopic (exact) mass is 291 g/mol. The molecule has 21 heavy (non-hydrogen) atoms. The number of nitrogens with one attached hydrogen (secondary N) is 1. The second-order valence-electron chi connectivity index (χ2n) is 6.12. The molecule has 2 saturated carbocycles. The van der Waals surface area contributed by atoms with E-state index < -0.39 is 0 Å². The Hall–Kier alpha value is -1.42. The van der Waals surface area contributed by atoms with Crippen LogP contribution in [-0.4, -0.2) is 33.4 Å². The smallest absolute Gasteiger partial charge is 0.203 e. The van der Waals surface area contributed by atoms with Crippen molar-refractivity contribution in [3.63, 3.8) is 0 Å². The van der Waals surface area contributed by atoms with Gasteiger partial charge in [-0.3, -0.25) is 0 Å². The average molecular weight is 291 g/mol. The Bertz CT molecular complexity index is 475. The van der Waals surface area contributed by atoms with Crippen molar-refractivity contribution < 1.29 is 14.2 Å². The van der Waals surface area contributed by atoms with E-state index in [4.69, 9.17) is 14.2 Å². The minimum atomic E-state index is 0.252. The van der Waals surface area contributed by atoms with Crippen molar-refractivity contribution in [1.29, 1.82) is 0 Å². The molecule has 0 saturated heterocycles. The van der Waals surface area contributed by atoms with E-state index in [2.05, 4.69) is 12.4 Å². The molecule has 2 atom stereocenters. The lowest BCUT2D eigenvalue weighted by Crippen LogP contribution is -2.63. The zero-order valence-corrected chi connectivity index (χ0v) is 13.1. The molecule has 0 amide bonds. The van der Waals surface area contributed by atoms with E-state index in [1.807, 2.05) is 18.2 Å². The Morgan fingerprint density at radius 3 is 2.24 bits per heavy atom. The maximum Gasteiger partial charge on any atom is 0.203 e. The topological polar surface area (TPSA) is 39.7 Å². The fourth-order valence-electron chi connectivity index (χ4n) is 4.10. The number of rotatable bonds is 5. The van der Waals surface area contributed by atoms with Gasteiger partial charge in [-0.25, -0.2) is 0 Å². The number of para-hydroxylation sites is 1. The van der Waals surface area contributed by atoms with Crippen LogP contribution in [0.1, 0.15) is 32.1 Å².